The van der Waals surface area contributed by atoms with E-state index in [1.54, 1.807) is 47.7 Å². The Labute approximate surface area is 208 Å². The molecule has 1 aliphatic rings. The zero-order valence-electron chi connectivity index (χ0n) is 19.4. The second-order valence-corrected chi connectivity index (χ2v) is 9.93. The molecule has 4 rings (SSSR count). The van der Waals surface area contributed by atoms with Gasteiger partial charge in [-0.15, -0.1) is 11.3 Å². The zero-order valence-corrected chi connectivity index (χ0v) is 20.9. The summed E-state index contributed by atoms with van der Waals surface area (Å²) in [5.41, 5.74) is 2.85. The molecule has 2 aromatic carbocycles. The number of benzene rings is 2. The molecule has 1 aliphatic carbocycles. The monoisotopic (exact) mass is 498 g/mol. The van der Waals surface area contributed by atoms with Gasteiger partial charge in [-0.25, -0.2) is 4.98 Å². The molecule has 0 spiro atoms. The fourth-order valence-electron chi connectivity index (χ4n) is 3.94. The summed E-state index contributed by atoms with van der Waals surface area (Å²) in [6, 6.07) is 12.6. The highest BCUT2D eigenvalue weighted by atomic mass is 35.5. The van der Waals surface area contributed by atoms with Crippen molar-refractivity contribution in [2.24, 2.45) is 0 Å². The third-order valence-electron chi connectivity index (χ3n) is 5.92. The van der Waals surface area contributed by atoms with E-state index < -0.39 is 0 Å². The fraction of sp³-hybridized carbons (Fsp3) is 0.320. The van der Waals surface area contributed by atoms with Crippen molar-refractivity contribution in [3.63, 3.8) is 0 Å². The van der Waals surface area contributed by atoms with Gasteiger partial charge in [0, 0.05) is 28.6 Å². The van der Waals surface area contributed by atoms with Crippen LogP contribution in [0.5, 0.6) is 5.75 Å². The van der Waals surface area contributed by atoms with E-state index in [1.807, 2.05) is 6.07 Å². The third-order valence-corrected chi connectivity index (χ3v) is 7.25. The van der Waals surface area contributed by atoms with Crippen LogP contribution in [0, 0.1) is 0 Å². The van der Waals surface area contributed by atoms with E-state index in [0.29, 0.717) is 33.1 Å². The second-order valence-electron chi connectivity index (χ2n) is 8.44. The molecule has 0 radical (unpaired) electrons. The highest BCUT2D eigenvalue weighted by Gasteiger charge is 2.24. The molecule has 1 heterocycles. The lowest BCUT2D eigenvalue weighted by atomic mass is 9.97. The number of nitrogens with zero attached hydrogens (tertiary/aromatic N) is 2. The Morgan fingerprint density at radius 3 is 2.71 bits per heavy atom. The molecule has 9 heteroatoms. The van der Waals surface area contributed by atoms with Crippen molar-refractivity contribution < 1.29 is 14.3 Å². The molecule has 0 aliphatic heterocycles. The Morgan fingerprint density at radius 1 is 1.18 bits per heavy atom. The van der Waals surface area contributed by atoms with Crippen LogP contribution >= 0.6 is 22.9 Å². The van der Waals surface area contributed by atoms with Crippen molar-refractivity contribution in [3.05, 3.63) is 74.7 Å². The number of aryl methyl sites for hydroxylation is 1. The molecule has 2 N–H and O–H groups in total. The molecule has 0 saturated heterocycles. The lowest BCUT2D eigenvalue weighted by Gasteiger charge is -2.27. The number of anilines is 1. The first-order chi connectivity index (χ1) is 16.3. The number of thiazole rings is 1. The van der Waals surface area contributed by atoms with Crippen LogP contribution in [0.4, 0.5) is 5.13 Å². The molecule has 0 bridgehead atoms. The van der Waals surface area contributed by atoms with Crippen LogP contribution in [-0.2, 0) is 19.4 Å². The predicted molar refractivity (Wildman–Crippen MR) is 135 cm³/mol. The quantitative estimate of drug-likeness (QED) is 0.504. The van der Waals surface area contributed by atoms with Gasteiger partial charge in [0.1, 0.15) is 5.75 Å². The first-order valence-corrected chi connectivity index (χ1v) is 12.2. The van der Waals surface area contributed by atoms with Gasteiger partial charge in [0.05, 0.1) is 17.8 Å². The van der Waals surface area contributed by atoms with Crippen molar-refractivity contribution in [1.82, 2.24) is 15.2 Å². The Kier molecular flexibility index (Phi) is 7.50. The van der Waals surface area contributed by atoms with Gasteiger partial charge in [0.25, 0.3) is 11.8 Å². The number of nitrogens with one attached hydrogen (secondary N) is 2. The number of halogens is 1. The van der Waals surface area contributed by atoms with Gasteiger partial charge in [0.2, 0.25) is 0 Å². The van der Waals surface area contributed by atoms with Crippen LogP contribution < -0.4 is 15.4 Å². The molecule has 0 saturated carbocycles. The Hall–Kier alpha value is -2.94. The summed E-state index contributed by atoms with van der Waals surface area (Å²) in [5, 5.41) is 6.79. The van der Waals surface area contributed by atoms with Gasteiger partial charge >= 0.3 is 0 Å². The maximum atomic E-state index is 12.8. The van der Waals surface area contributed by atoms with Crippen LogP contribution in [0.1, 0.15) is 43.3 Å². The standard InChI is InChI=1S/C25H27ClN4O3S/c1-30(2)18-8-9-20-22(13-18)34-25(28-20)29-24(32)16-6-4-5-15(11-16)14-27-23(31)17-7-10-21(33-3)19(26)12-17/h4-7,10-12,18H,8-9,13-14H2,1-3H3,(H,27,31)(H,28,29,32)/t18-/m0/s1. The molecule has 2 amide bonds. The van der Waals surface area contributed by atoms with Gasteiger partial charge in [-0.2, -0.15) is 0 Å². The van der Waals surface area contributed by atoms with E-state index in [2.05, 4.69) is 34.6 Å². The first-order valence-electron chi connectivity index (χ1n) is 11.0. The van der Waals surface area contributed by atoms with E-state index in [9.17, 15) is 9.59 Å². The third kappa shape index (κ3) is 5.58. The maximum Gasteiger partial charge on any atom is 0.257 e. The number of carbonyl (C=O) groups excluding carboxylic acids is 2. The van der Waals surface area contributed by atoms with E-state index >= 15 is 0 Å². The van der Waals surface area contributed by atoms with Gasteiger partial charge in [0.15, 0.2) is 5.13 Å². The zero-order chi connectivity index (χ0) is 24.2. The van der Waals surface area contributed by atoms with Crippen molar-refractivity contribution in [2.75, 3.05) is 26.5 Å². The van der Waals surface area contributed by atoms with Crippen molar-refractivity contribution in [1.29, 1.82) is 0 Å². The number of methoxy groups -OCH3 is 1. The molecule has 0 unspecified atom stereocenters. The molecular formula is C25H27ClN4O3S. The molecule has 1 aromatic heterocycles. The van der Waals surface area contributed by atoms with Gasteiger partial charge < -0.3 is 15.0 Å². The summed E-state index contributed by atoms with van der Waals surface area (Å²) < 4.78 is 5.12. The Balaban J connectivity index is 1.37. The minimum atomic E-state index is -0.260. The average molecular weight is 499 g/mol. The van der Waals surface area contributed by atoms with Gasteiger partial charge in [-0.3, -0.25) is 14.9 Å². The summed E-state index contributed by atoms with van der Waals surface area (Å²) in [4.78, 5) is 33.5. The minimum Gasteiger partial charge on any atom is -0.495 e. The number of carbonyl (C=O) groups is 2. The summed E-state index contributed by atoms with van der Waals surface area (Å²) in [5.74, 6) is 0.0321. The number of hydrogen-bond acceptors (Lipinski definition) is 6. The summed E-state index contributed by atoms with van der Waals surface area (Å²) in [6.45, 7) is 0.279. The highest BCUT2D eigenvalue weighted by molar-refractivity contribution is 7.15. The van der Waals surface area contributed by atoms with Crippen LogP contribution in [0.3, 0.4) is 0 Å². The van der Waals surface area contributed by atoms with Crippen LogP contribution in [0.25, 0.3) is 0 Å². The topological polar surface area (TPSA) is 83.6 Å². The summed E-state index contributed by atoms with van der Waals surface area (Å²) in [7, 11) is 5.72. The van der Waals surface area contributed by atoms with E-state index in [4.69, 9.17) is 16.3 Å². The summed E-state index contributed by atoms with van der Waals surface area (Å²) in [6.07, 6.45) is 2.97. The van der Waals surface area contributed by atoms with Crippen molar-refractivity contribution in [3.8, 4) is 5.75 Å². The maximum absolute atomic E-state index is 12.8. The molecule has 34 heavy (non-hydrogen) atoms. The van der Waals surface area contributed by atoms with Crippen molar-refractivity contribution in [2.45, 2.75) is 31.8 Å². The van der Waals surface area contributed by atoms with Gasteiger partial charge in [-0.1, -0.05) is 23.7 Å². The highest BCUT2D eigenvalue weighted by Crippen LogP contribution is 2.31. The second kappa shape index (κ2) is 10.5. The van der Waals surface area contributed by atoms with Crippen LogP contribution in [-0.4, -0.2) is 48.9 Å². The normalized spacial score (nSPS) is 15.0. The predicted octanol–water partition coefficient (Wildman–Crippen LogP) is 4.41. The fourth-order valence-corrected chi connectivity index (χ4v) is 5.27. The van der Waals surface area contributed by atoms with Gasteiger partial charge in [-0.05, 0) is 69.3 Å². The summed E-state index contributed by atoms with van der Waals surface area (Å²) >= 11 is 7.66. The van der Waals surface area contributed by atoms with E-state index in [0.717, 1.165) is 30.5 Å². The van der Waals surface area contributed by atoms with E-state index in [-0.39, 0.29) is 18.4 Å². The number of rotatable bonds is 7. The van der Waals surface area contributed by atoms with Crippen LogP contribution in [0.2, 0.25) is 5.02 Å². The average Bonchev–Trinajstić information content (AvgIpc) is 3.24. The number of fused-ring (bicyclic) bond motifs is 1. The number of likely N-dealkylation sites (N-methyl/N-ethyl adjacent to an activating group) is 1. The lowest BCUT2D eigenvalue weighted by Crippen LogP contribution is -2.32. The number of aromatic nitrogens is 1. The van der Waals surface area contributed by atoms with E-state index in [1.165, 1.54) is 12.0 Å². The number of amides is 2. The largest absolute Gasteiger partial charge is 0.495 e. The Bertz CT molecular complexity index is 1210. The lowest BCUT2D eigenvalue weighted by molar-refractivity contribution is 0.0950. The number of ether oxygens (including phenoxy) is 1. The van der Waals surface area contributed by atoms with Crippen LogP contribution in [0.15, 0.2) is 42.5 Å². The smallest absolute Gasteiger partial charge is 0.257 e. The number of hydrogen-bond donors (Lipinski definition) is 2. The van der Waals surface area contributed by atoms with Crippen molar-refractivity contribution >= 4 is 39.9 Å². The Morgan fingerprint density at radius 2 is 1.97 bits per heavy atom. The molecule has 0 fully saturated rings. The molecule has 3 aromatic rings. The molecule has 178 valence electrons. The molecule has 1 atom stereocenters. The first kappa shape index (κ1) is 24.2. The molecular weight excluding hydrogens is 472 g/mol. The SMILES string of the molecule is COc1ccc(C(=O)NCc2cccc(C(=O)Nc3nc4c(s3)C[C@@H](N(C)C)CC4)c2)cc1Cl. The minimum absolute atomic E-state index is 0.217. The molecule has 7 nitrogen and oxygen atoms in total.